The molecule has 0 unspecified atom stereocenters. The van der Waals surface area contributed by atoms with Crippen LogP contribution in [0.25, 0.3) is 0 Å². The summed E-state index contributed by atoms with van der Waals surface area (Å²) in [6, 6.07) is 6.23. The van der Waals surface area contributed by atoms with Crippen LogP contribution in [0.15, 0.2) is 24.3 Å². The zero-order chi connectivity index (χ0) is 15.3. The van der Waals surface area contributed by atoms with Crippen LogP contribution in [0.4, 0.5) is 4.39 Å². The molecule has 2 rings (SSSR count). The first-order chi connectivity index (χ1) is 10.1. The SMILES string of the molecule is CCOP(=O)(OCC)c1nnnn1Cc1ccccc1F. The molecule has 21 heavy (non-hydrogen) atoms. The predicted molar refractivity (Wildman–Crippen MR) is 73.8 cm³/mol. The Morgan fingerprint density at radius 2 is 1.90 bits per heavy atom. The highest BCUT2D eigenvalue weighted by Crippen LogP contribution is 2.45. The van der Waals surface area contributed by atoms with E-state index in [1.165, 1.54) is 10.7 Å². The third-order valence-corrected chi connectivity index (χ3v) is 4.64. The van der Waals surface area contributed by atoms with Crippen molar-refractivity contribution in [2.24, 2.45) is 0 Å². The van der Waals surface area contributed by atoms with E-state index in [1.54, 1.807) is 32.0 Å². The first kappa shape index (κ1) is 15.8. The Hall–Kier alpha value is -1.63. The highest BCUT2D eigenvalue weighted by Gasteiger charge is 2.34. The van der Waals surface area contributed by atoms with Crippen molar-refractivity contribution in [1.82, 2.24) is 20.2 Å². The lowest BCUT2D eigenvalue weighted by Crippen LogP contribution is -2.24. The molecule has 9 heteroatoms. The number of nitrogens with zero attached hydrogens (tertiary/aromatic N) is 4. The average Bonchev–Trinajstić information content (AvgIpc) is 2.91. The fourth-order valence-electron chi connectivity index (χ4n) is 1.78. The van der Waals surface area contributed by atoms with E-state index in [0.29, 0.717) is 5.56 Å². The van der Waals surface area contributed by atoms with E-state index < -0.39 is 7.60 Å². The number of benzene rings is 1. The summed E-state index contributed by atoms with van der Waals surface area (Å²) in [6.07, 6.45) is 0. The number of halogens is 1. The Kier molecular flexibility index (Phi) is 5.17. The van der Waals surface area contributed by atoms with Crippen LogP contribution in [0.3, 0.4) is 0 Å². The maximum Gasteiger partial charge on any atom is 0.400 e. The minimum absolute atomic E-state index is 0.0329. The molecule has 0 spiro atoms. The van der Waals surface area contributed by atoms with Gasteiger partial charge in [-0.2, -0.15) is 0 Å². The van der Waals surface area contributed by atoms with Crippen molar-refractivity contribution in [2.45, 2.75) is 20.4 Å². The molecule has 1 aromatic heterocycles. The van der Waals surface area contributed by atoms with Crippen molar-refractivity contribution in [2.75, 3.05) is 13.2 Å². The van der Waals surface area contributed by atoms with Gasteiger partial charge in [0.15, 0.2) is 0 Å². The van der Waals surface area contributed by atoms with Crippen molar-refractivity contribution in [3.63, 3.8) is 0 Å². The molecule has 0 atom stereocenters. The van der Waals surface area contributed by atoms with Gasteiger partial charge < -0.3 is 9.05 Å². The lowest BCUT2D eigenvalue weighted by molar-refractivity contribution is 0.227. The van der Waals surface area contributed by atoms with Crippen LogP contribution in [-0.2, 0) is 20.2 Å². The van der Waals surface area contributed by atoms with Crippen molar-refractivity contribution in [3.05, 3.63) is 35.6 Å². The number of aromatic nitrogens is 4. The van der Waals surface area contributed by atoms with E-state index in [-0.39, 0.29) is 31.1 Å². The summed E-state index contributed by atoms with van der Waals surface area (Å²) < 4.78 is 38.0. The average molecular weight is 314 g/mol. The first-order valence-corrected chi connectivity index (χ1v) is 8.04. The minimum Gasteiger partial charge on any atom is -0.303 e. The van der Waals surface area contributed by atoms with Crippen LogP contribution < -0.4 is 5.57 Å². The molecule has 1 heterocycles. The Morgan fingerprint density at radius 3 is 2.52 bits per heavy atom. The van der Waals surface area contributed by atoms with E-state index in [4.69, 9.17) is 9.05 Å². The van der Waals surface area contributed by atoms with Gasteiger partial charge >= 0.3 is 7.60 Å². The quantitative estimate of drug-likeness (QED) is 0.725. The van der Waals surface area contributed by atoms with Crippen LogP contribution in [0.1, 0.15) is 19.4 Å². The molecule has 114 valence electrons. The second-order valence-electron chi connectivity index (χ2n) is 4.06. The van der Waals surface area contributed by atoms with E-state index >= 15 is 0 Å². The molecule has 1 aromatic carbocycles. The van der Waals surface area contributed by atoms with Crippen LogP contribution in [0.2, 0.25) is 0 Å². The van der Waals surface area contributed by atoms with Crippen molar-refractivity contribution in [1.29, 1.82) is 0 Å². The third kappa shape index (κ3) is 3.53. The van der Waals surface area contributed by atoms with Gasteiger partial charge in [0.25, 0.3) is 5.57 Å². The lowest BCUT2D eigenvalue weighted by atomic mass is 10.2. The summed E-state index contributed by atoms with van der Waals surface area (Å²) in [6.45, 7) is 3.79. The molecule has 0 saturated carbocycles. The van der Waals surface area contributed by atoms with Gasteiger partial charge in [-0.3, -0.25) is 4.57 Å². The van der Waals surface area contributed by atoms with Gasteiger partial charge in [-0.1, -0.05) is 18.2 Å². The minimum atomic E-state index is -3.61. The molecule has 7 nitrogen and oxygen atoms in total. The second kappa shape index (κ2) is 6.89. The largest absolute Gasteiger partial charge is 0.400 e. The van der Waals surface area contributed by atoms with Crippen molar-refractivity contribution < 1.29 is 18.0 Å². The molecule has 0 fully saturated rings. The zero-order valence-electron chi connectivity index (χ0n) is 11.8. The van der Waals surface area contributed by atoms with E-state index in [9.17, 15) is 8.96 Å². The summed E-state index contributed by atoms with van der Waals surface area (Å²) in [5, 5.41) is 10.9. The molecule has 0 bridgehead atoms. The van der Waals surface area contributed by atoms with Gasteiger partial charge in [0.2, 0.25) is 0 Å². The maximum atomic E-state index is 13.7. The smallest absolute Gasteiger partial charge is 0.303 e. The Bertz CT molecular complexity index is 639. The summed E-state index contributed by atoms with van der Waals surface area (Å²) in [5.41, 5.74) is 0.347. The molecule has 0 aliphatic carbocycles. The van der Waals surface area contributed by atoms with Crippen LogP contribution in [-0.4, -0.2) is 33.4 Å². The van der Waals surface area contributed by atoms with Gasteiger partial charge in [0.05, 0.1) is 19.8 Å². The summed E-state index contributed by atoms with van der Waals surface area (Å²) in [7, 11) is -3.61. The topological polar surface area (TPSA) is 79.1 Å². The third-order valence-electron chi connectivity index (χ3n) is 2.63. The van der Waals surface area contributed by atoms with E-state index in [0.717, 1.165) is 0 Å². The number of hydrogen-bond donors (Lipinski definition) is 0. The van der Waals surface area contributed by atoms with Gasteiger partial charge in [-0.05, 0) is 30.3 Å². The molecule has 0 saturated heterocycles. The highest BCUT2D eigenvalue weighted by molar-refractivity contribution is 7.61. The molecule has 0 aliphatic heterocycles. The molecular weight excluding hydrogens is 298 g/mol. The Balaban J connectivity index is 2.34. The van der Waals surface area contributed by atoms with Crippen LogP contribution in [0, 0.1) is 5.82 Å². The standard InChI is InChI=1S/C12H16FN4O3P/c1-3-19-21(18,20-4-2)12-14-15-16-17(12)9-10-7-5-6-8-11(10)13/h5-8H,3-4,9H2,1-2H3. The molecule has 0 aliphatic rings. The predicted octanol–water partition coefficient (Wildman–Crippen LogP) is 1.75. The number of tetrazole rings is 1. The Labute approximate surface area is 121 Å². The highest BCUT2D eigenvalue weighted by atomic mass is 31.2. The molecule has 0 N–H and O–H groups in total. The van der Waals surface area contributed by atoms with Crippen molar-refractivity contribution >= 4 is 13.2 Å². The normalized spacial score (nSPS) is 11.8. The zero-order valence-corrected chi connectivity index (χ0v) is 12.7. The molecular formula is C12H16FN4O3P. The van der Waals surface area contributed by atoms with Gasteiger partial charge in [0, 0.05) is 5.56 Å². The maximum absolute atomic E-state index is 13.7. The second-order valence-corrected chi connectivity index (χ2v) is 5.97. The summed E-state index contributed by atoms with van der Waals surface area (Å²) in [5.74, 6) is -0.387. The fraction of sp³-hybridized carbons (Fsp3) is 0.417. The van der Waals surface area contributed by atoms with Crippen LogP contribution in [0.5, 0.6) is 0 Å². The molecule has 2 aromatic rings. The monoisotopic (exact) mass is 314 g/mol. The van der Waals surface area contributed by atoms with E-state index in [1.807, 2.05) is 0 Å². The summed E-state index contributed by atoms with van der Waals surface area (Å²) in [4.78, 5) is 0. The molecule has 0 radical (unpaired) electrons. The van der Waals surface area contributed by atoms with E-state index in [2.05, 4.69) is 15.5 Å². The van der Waals surface area contributed by atoms with Gasteiger partial charge in [-0.25, -0.2) is 9.07 Å². The summed E-state index contributed by atoms with van der Waals surface area (Å²) >= 11 is 0. The first-order valence-electron chi connectivity index (χ1n) is 6.50. The lowest BCUT2D eigenvalue weighted by Gasteiger charge is -2.15. The van der Waals surface area contributed by atoms with Crippen LogP contribution >= 0.6 is 7.60 Å². The van der Waals surface area contributed by atoms with Gasteiger partial charge in [-0.15, -0.1) is 5.10 Å². The number of hydrogen-bond acceptors (Lipinski definition) is 6. The van der Waals surface area contributed by atoms with Crippen molar-refractivity contribution in [3.8, 4) is 0 Å². The fourth-order valence-corrected chi connectivity index (χ4v) is 3.31. The molecule has 0 amide bonds. The Morgan fingerprint density at radius 1 is 1.24 bits per heavy atom. The number of rotatable bonds is 7. The van der Waals surface area contributed by atoms with Gasteiger partial charge in [0.1, 0.15) is 5.82 Å².